The van der Waals surface area contributed by atoms with Crippen LogP contribution in [0, 0.1) is 28.6 Å². The van der Waals surface area contributed by atoms with Gasteiger partial charge in [0.1, 0.15) is 0 Å². The van der Waals surface area contributed by atoms with Crippen LogP contribution in [0.5, 0.6) is 0 Å². The Labute approximate surface area is 102 Å². The molecule has 0 aromatic rings. The predicted molar refractivity (Wildman–Crippen MR) is 63.4 cm³/mol. The number of hydrogen-bond acceptors (Lipinski definition) is 2. The number of aliphatic hydroxyl groups excluding tert-OH is 1. The molecule has 0 aliphatic heterocycles. The van der Waals surface area contributed by atoms with Crippen molar-refractivity contribution >= 4 is 5.97 Å². The molecule has 0 heterocycles. The van der Waals surface area contributed by atoms with E-state index in [1.165, 1.54) is 12.8 Å². The molecule has 2 N–H and O–H groups in total. The van der Waals surface area contributed by atoms with E-state index >= 15 is 0 Å². The number of aliphatic hydroxyl groups is 1. The van der Waals surface area contributed by atoms with Crippen molar-refractivity contribution in [2.75, 3.05) is 0 Å². The molecular weight excluding hydrogens is 216 g/mol. The lowest BCUT2D eigenvalue weighted by Crippen LogP contribution is -2.56. The minimum absolute atomic E-state index is 0.279. The first-order valence-electron chi connectivity index (χ1n) is 6.80. The van der Waals surface area contributed by atoms with Gasteiger partial charge >= 0.3 is 5.97 Å². The van der Waals surface area contributed by atoms with E-state index in [0.29, 0.717) is 17.3 Å². The molecule has 3 nitrogen and oxygen atoms in total. The second-order valence-electron chi connectivity index (χ2n) is 7.02. The molecule has 4 aliphatic rings. The van der Waals surface area contributed by atoms with Crippen LogP contribution < -0.4 is 0 Å². The molecule has 4 atom stereocenters. The molecule has 3 heteroatoms. The fourth-order valence-corrected chi connectivity index (χ4v) is 4.74. The lowest BCUT2D eigenvalue weighted by Gasteiger charge is -2.62. The average molecular weight is 238 g/mol. The molecule has 0 spiro atoms. The highest BCUT2D eigenvalue weighted by atomic mass is 16.4. The highest BCUT2D eigenvalue weighted by Crippen LogP contribution is 2.70. The van der Waals surface area contributed by atoms with Crippen LogP contribution in [0.25, 0.3) is 0 Å². The summed E-state index contributed by atoms with van der Waals surface area (Å²) >= 11 is 0. The van der Waals surface area contributed by atoms with Crippen LogP contribution in [-0.2, 0) is 4.79 Å². The molecule has 0 aromatic carbocycles. The fourth-order valence-electron chi connectivity index (χ4n) is 4.74. The zero-order chi connectivity index (χ0) is 12.4. The van der Waals surface area contributed by atoms with Crippen molar-refractivity contribution in [3.63, 3.8) is 0 Å². The van der Waals surface area contributed by atoms with Crippen molar-refractivity contribution in [2.24, 2.45) is 28.6 Å². The fraction of sp³-hybridized carbons (Fsp3) is 0.929. The number of carboxylic acid groups (broad SMARTS) is 1. The Morgan fingerprint density at radius 2 is 1.88 bits per heavy atom. The number of rotatable bonds is 3. The van der Waals surface area contributed by atoms with Gasteiger partial charge in [0.15, 0.2) is 6.10 Å². The van der Waals surface area contributed by atoms with Crippen molar-refractivity contribution in [3.05, 3.63) is 0 Å². The monoisotopic (exact) mass is 238 g/mol. The standard InChI is InChI=1S/C14H22O3/c1-13(2)8-3-4-9(10(13)7-8)14(5-6-14)11(15)12(16)17/h8-11,15H,3-7H2,1-2H3,(H,16,17)/t8-,9?,10-,11?/m0/s1. The summed E-state index contributed by atoms with van der Waals surface area (Å²) in [7, 11) is 0. The molecule has 4 saturated carbocycles. The van der Waals surface area contributed by atoms with Crippen molar-refractivity contribution in [1.29, 1.82) is 0 Å². The predicted octanol–water partition coefficient (Wildman–Crippen LogP) is 2.28. The first-order chi connectivity index (χ1) is 7.89. The SMILES string of the molecule is CC1(C)[C@H]2CCC(C3(C(O)C(=O)O)CC3)[C@@H]1C2. The van der Waals surface area contributed by atoms with E-state index in [1.54, 1.807) is 0 Å². The van der Waals surface area contributed by atoms with E-state index in [9.17, 15) is 9.90 Å². The number of aliphatic carboxylic acids is 1. The Hall–Kier alpha value is -0.570. The minimum atomic E-state index is -1.14. The van der Waals surface area contributed by atoms with Crippen LogP contribution in [0.2, 0.25) is 0 Å². The highest BCUT2D eigenvalue weighted by molar-refractivity contribution is 5.74. The Bertz CT molecular complexity index is 354. The summed E-state index contributed by atoms with van der Waals surface area (Å²) in [6, 6.07) is 0. The second-order valence-corrected chi connectivity index (χ2v) is 7.02. The topological polar surface area (TPSA) is 57.5 Å². The normalized spacial score (nSPS) is 42.4. The van der Waals surface area contributed by atoms with Crippen LogP contribution in [0.15, 0.2) is 0 Å². The molecule has 2 unspecified atom stereocenters. The van der Waals surface area contributed by atoms with Crippen LogP contribution >= 0.6 is 0 Å². The zero-order valence-electron chi connectivity index (χ0n) is 10.6. The summed E-state index contributed by atoms with van der Waals surface area (Å²) in [5.41, 5.74) is 0.0931. The first kappa shape index (κ1) is 11.5. The van der Waals surface area contributed by atoms with E-state index in [4.69, 9.17) is 5.11 Å². The molecule has 0 amide bonds. The van der Waals surface area contributed by atoms with Gasteiger partial charge in [-0.05, 0) is 55.3 Å². The van der Waals surface area contributed by atoms with Crippen LogP contribution in [0.1, 0.15) is 46.0 Å². The number of carbonyl (C=O) groups is 1. The average Bonchev–Trinajstić information content (AvgIpc) is 3.09. The van der Waals surface area contributed by atoms with Crippen LogP contribution in [0.4, 0.5) is 0 Å². The van der Waals surface area contributed by atoms with Crippen molar-refractivity contribution < 1.29 is 15.0 Å². The second kappa shape index (κ2) is 3.25. The number of hydrogen-bond donors (Lipinski definition) is 2. The van der Waals surface area contributed by atoms with Gasteiger partial charge in [0.05, 0.1) is 0 Å². The molecule has 4 aliphatic carbocycles. The number of carboxylic acids is 1. The van der Waals surface area contributed by atoms with Crippen molar-refractivity contribution in [2.45, 2.75) is 52.1 Å². The summed E-state index contributed by atoms with van der Waals surface area (Å²) in [5, 5.41) is 19.0. The largest absolute Gasteiger partial charge is 0.479 e. The Morgan fingerprint density at radius 3 is 2.29 bits per heavy atom. The third-order valence-electron chi connectivity index (χ3n) is 6.20. The molecule has 2 bridgehead atoms. The van der Waals surface area contributed by atoms with Gasteiger partial charge in [-0.15, -0.1) is 0 Å². The van der Waals surface area contributed by atoms with Gasteiger partial charge in [-0.2, -0.15) is 0 Å². The molecule has 0 aromatic heterocycles. The third-order valence-corrected chi connectivity index (χ3v) is 6.20. The van der Waals surface area contributed by atoms with Crippen molar-refractivity contribution in [1.82, 2.24) is 0 Å². The van der Waals surface area contributed by atoms with Gasteiger partial charge in [-0.3, -0.25) is 0 Å². The van der Waals surface area contributed by atoms with E-state index < -0.39 is 12.1 Å². The highest BCUT2D eigenvalue weighted by Gasteiger charge is 2.65. The molecule has 0 radical (unpaired) electrons. The molecule has 17 heavy (non-hydrogen) atoms. The Morgan fingerprint density at radius 1 is 1.24 bits per heavy atom. The van der Waals surface area contributed by atoms with Gasteiger partial charge in [0.2, 0.25) is 0 Å². The zero-order valence-corrected chi connectivity index (χ0v) is 10.6. The van der Waals surface area contributed by atoms with Crippen molar-refractivity contribution in [3.8, 4) is 0 Å². The van der Waals surface area contributed by atoms with Gasteiger partial charge in [-0.25, -0.2) is 4.79 Å². The summed E-state index contributed by atoms with van der Waals surface area (Å²) < 4.78 is 0. The van der Waals surface area contributed by atoms with E-state index in [-0.39, 0.29) is 5.41 Å². The molecule has 96 valence electrons. The molecule has 4 rings (SSSR count). The van der Waals surface area contributed by atoms with Gasteiger partial charge in [-0.1, -0.05) is 13.8 Å². The van der Waals surface area contributed by atoms with Gasteiger partial charge < -0.3 is 10.2 Å². The summed E-state index contributed by atoms with van der Waals surface area (Å²) in [5.74, 6) is 0.884. The lowest BCUT2D eigenvalue weighted by molar-refractivity contribution is -0.167. The molecule has 0 saturated heterocycles. The van der Waals surface area contributed by atoms with E-state index in [2.05, 4.69) is 13.8 Å². The summed E-state index contributed by atoms with van der Waals surface area (Å²) in [6.07, 6.45) is 4.28. The molecular formula is C14H22O3. The maximum absolute atomic E-state index is 11.1. The lowest BCUT2D eigenvalue weighted by atomic mass is 9.43. The Balaban J connectivity index is 1.83. The Kier molecular flexibility index (Phi) is 2.20. The van der Waals surface area contributed by atoms with Crippen LogP contribution in [0.3, 0.4) is 0 Å². The quantitative estimate of drug-likeness (QED) is 0.793. The first-order valence-corrected chi connectivity index (χ1v) is 6.80. The van der Waals surface area contributed by atoms with Gasteiger partial charge in [0, 0.05) is 5.41 Å². The molecule has 4 fully saturated rings. The minimum Gasteiger partial charge on any atom is -0.479 e. The summed E-state index contributed by atoms with van der Waals surface area (Å²) in [4.78, 5) is 11.1. The van der Waals surface area contributed by atoms with E-state index in [0.717, 1.165) is 25.2 Å². The van der Waals surface area contributed by atoms with E-state index in [1.807, 2.05) is 0 Å². The van der Waals surface area contributed by atoms with Gasteiger partial charge in [0.25, 0.3) is 0 Å². The maximum atomic E-state index is 11.1. The van der Waals surface area contributed by atoms with Crippen LogP contribution in [-0.4, -0.2) is 22.3 Å². The third kappa shape index (κ3) is 1.35. The number of fused-ring (bicyclic) bond motifs is 2. The maximum Gasteiger partial charge on any atom is 0.333 e. The smallest absolute Gasteiger partial charge is 0.333 e. The summed E-state index contributed by atoms with van der Waals surface area (Å²) in [6.45, 7) is 4.64.